The van der Waals surface area contributed by atoms with Gasteiger partial charge in [-0.3, -0.25) is 4.79 Å². The van der Waals surface area contributed by atoms with E-state index in [2.05, 4.69) is 15.4 Å². The molecule has 0 aromatic heterocycles. The number of hydrogen-bond donors (Lipinski definition) is 2. The van der Waals surface area contributed by atoms with Gasteiger partial charge in [0.15, 0.2) is 0 Å². The third kappa shape index (κ3) is 4.82. The Balaban J connectivity index is 2.24. The van der Waals surface area contributed by atoms with Crippen LogP contribution in [0.3, 0.4) is 0 Å². The minimum Gasteiger partial charge on any atom is -0.468 e. The van der Waals surface area contributed by atoms with Crippen LogP contribution < -0.4 is 10.6 Å². The molecule has 0 saturated carbocycles. The van der Waals surface area contributed by atoms with Gasteiger partial charge in [-0.25, -0.2) is 9.18 Å². The van der Waals surface area contributed by atoms with Crippen LogP contribution in [0.15, 0.2) is 24.3 Å². The minimum atomic E-state index is -0.528. The molecule has 0 bridgehead atoms. The van der Waals surface area contributed by atoms with Crippen molar-refractivity contribution in [3.8, 4) is 0 Å². The van der Waals surface area contributed by atoms with Crippen molar-refractivity contribution in [1.82, 2.24) is 10.6 Å². The van der Waals surface area contributed by atoms with Crippen LogP contribution >= 0.6 is 0 Å². The zero-order chi connectivity index (χ0) is 13.4. The molecule has 0 fully saturated rings. The summed E-state index contributed by atoms with van der Waals surface area (Å²) in [5.74, 6) is -0.825. The molecule has 0 heterocycles. The smallest absolute Gasteiger partial charge is 0.325 e. The summed E-state index contributed by atoms with van der Waals surface area (Å²) in [7, 11) is 1.24. The summed E-state index contributed by atoms with van der Waals surface area (Å²) in [6, 6.07) is 5.87. The summed E-state index contributed by atoms with van der Waals surface area (Å²) >= 11 is 0. The van der Waals surface area contributed by atoms with Crippen molar-refractivity contribution >= 4 is 12.0 Å². The van der Waals surface area contributed by atoms with Crippen LogP contribution in [0.4, 0.5) is 9.18 Å². The van der Waals surface area contributed by atoms with Gasteiger partial charge in [0.2, 0.25) is 0 Å². The molecule has 0 atom stereocenters. The highest BCUT2D eigenvalue weighted by molar-refractivity contribution is 5.80. The molecule has 18 heavy (non-hydrogen) atoms. The van der Waals surface area contributed by atoms with Crippen LogP contribution in [-0.2, 0) is 16.0 Å². The number of nitrogens with one attached hydrogen (secondary N) is 2. The quantitative estimate of drug-likeness (QED) is 0.765. The van der Waals surface area contributed by atoms with E-state index in [9.17, 15) is 14.0 Å². The van der Waals surface area contributed by atoms with Gasteiger partial charge in [0.25, 0.3) is 0 Å². The van der Waals surface area contributed by atoms with E-state index < -0.39 is 12.0 Å². The number of rotatable bonds is 5. The molecule has 2 amide bonds. The molecular formula is C12H15FN2O3. The number of urea groups is 1. The van der Waals surface area contributed by atoms with Crippen LogP contribution in [-0.4, -0.2) is 32.2 Å². The Labute approximate surface area is 104 Å². The van der Waals surface area contributed by atoms with Gasteiger partial charge in [-0.1, -0.05) is 18.2 Å². The van der Waals surface area contributed by atoms with Crippen molar-refractivity contribution in [3.05, 3.63) is 35.6 Å². The molecule has 1 aromatic rings. The summed E-state index contributed by atoms with van der Waals surface area (Å²) in [6.07, 6.45) is 0.387. The van der Waals surface area contributed by atoms with Crippen molar-refractivity contribution in [1.29, 1.82) is 0 Å². The van der Waals surface area contributed by atoms with Gasteiger partial charge in [0.1, 0.15) is 12.4 Å². The van der Waals surface area contributed by atoms with Gasteiger partial charge in [-0.2, -0.15) is 0 Å². The van der Waals surface area contributed by atoms with Crippen molar-refractivity contribution in [2.45, 2.75) is 6.42 Å². The average Bonchev–Trinajstić information content (AvgIpc) is 2.38. The number of halogens is 1. The van der Waals surface area contributed by atoms with E-state index in [4.69, 9.17) is 0 Å². The Morgan fingerprint density at radius 3 is 2.67 bits per heavy atom. The number of benzene rings is 1. The maximum atomic E-state index is 13.2. The molecule has 0 aliphatic heterocycles. The summed E-state index contributed by atoms with van der Waals surface area (Å²) in [6.45, 7) is 0.0932. The maximum Gasteiger partial charge on any atom is 0.325 e. The molecule has 6 heteroatoms. The van der Waals surface area contributed by atoms with E-state index in [0.717, 1.165) is 0 Å². The zero-order valence-electron chi connectivity index (χ0n) is 10.0. The molecule has 0 saturated heterocycles. The van der Waals surface area contributed by atoms with Crippen molar-refractivity contribution in [3.63, 3.8) is 0 Å². The summed E-state index contributed by atoms with van der Waals surface area (Å²) in [5, 5.41) is 4.83. The fourth-order valence-corrected chi connectivity index (χ4v) is 1.30. The Kier molecular flexibility index (Phi) is 5.63. The lowest BCUT2D eigenvalue weighted by molar-refractivity contribution is -0.139. The average molecular weight is 254 g/mol. The number of hydrogen-bond acceptors (Lipinski definition) is 3. The highest BCUT2D eigenvalue weighted by atomic mass is 19.1. The van der Waals surface area contributed by atoms with E-state index in [1.54, 1.807) is 18.2 Å². The molecule has 1 aromatic carbocycles. The van der Waals surface area contributed by atoms with Gasteiger partial charge < -0.3 is 15.4 Å². The fraction of sp³-hybridized carbons (Fsp3) is 0.333. The van der Waals surface area contributed by atoms with Gasteiger partial charge >= 0.3 is 12.0 Å². The molecule has 0 aliphatic carbocycles. The van der Waals surface area contributed by atoms with E-state index in [1.165, 1.54) is 13.2 Å². The molecule has 5 nitrogen and oxygen atoms in total. The standard InChI is InChI=1S/C12H15FN2O3/c1-18-11(16)8-15-12(17)14-7-6-9-4-2-3-5-10(9)13/h2-5H,6-8H2,1H3,(H2,14,15,17). The second-order valence-electron chi connectivity index (χ2n) is 3.53. The van der Waals surface area contributed by atoms with E-state index in [0.29, 0.717) is 12.0 Å². The fourth-order valence-electron chi connectivity index (χ4n) is 1.30. The molecule has 98 valence electrons. The lowest BCUT2D eigenvalue weighted by atomic mass is 10.1. The first-order valence-electron chi connectivity index (χ1n) is 5.45. The van der Waals surface area contributed by atoms with Crippen LogP contribution in [0.5, 0.6) is 0 Å². The van der Waals surface area contributed by atoms with Gasteiger partial charge in [0, 0.05) is 6.54 Å². The van der Waals surface area contributed by atoms with Crippen LogP contribution in [0, 0.1) is 5.82 Å². The minimum absolute atomic E-state index is 0.192. The Bertz CT molecular complexity index is 424. The third-order valence-electron chi connectivity index (χ3n) is 2.26. The monoisotopic (exact) mass is 254 g/mol. The molecular weight excluding hydrogens is 239 g/mol. The molecule has 0 spiro atoms. The molecule has 0 radical (unpaired) electrons. The van der Waals surface area contributed by atoms with E-state index in [1.807, 2.05) is 0 Å². The third-order valence-corrected chi connectivity index (χ3v) is 2.26. The number of amides is 2. The second kappa shape index (κ2) is 7.26. The van der Waals surface area contributed by atoms with Crippen molar-refractivity contribution < 1.29 is 18.7 Å². The Hall–Kier alpha value is -2.11. The van der Waals surface area contributed by atoms with Crippen molar-refractivity contribution in [2.24, 2.45) is 0 Å². The predicted octanol–water partition coefficient (Wildman–Crippen LogP) is 0.840. The number of esters is 1. The molecule has 2 N–H and O–H groups in total. The summed E-state index contributed by atoms with van der Waals surface area (Å²) < 4.78 is 17.6. The molecule has 1 rings (SSSR count). The van der Waals surface area contributed by atoms with Gasteiger partial charge in [-0.05, 0) is 18.1 Å². The Morgan fingerprint density at radius 2 is 2.00 bits per heavy atom. The maximum absolute atomic E-state index is 13.2. The van der Waals surface area contributed by atoms with Gasteiger partial charge in [-0.15, -0.1) is 0 Å². The number of ether oxygens (including phenoxy) is 1. The zero-order valence-corrected chi connectivity index (χ0v) is 10.0. The number of carbonyl (C=O) groups excluding carboxylic acids is 2. The lowest BCUT2D eigenvalue weighted by Gasteiger charge is -2.07. The van der Waals surface area contributed by atoms with Crippen LogP contribution in [0.1, 0.15) is 5.56 Å². The van der Waals surface area contributed by atoms with Crippen molar-refractivity contribution in [2.75, 3.05) is 20.2 Å². The number of methoxy groups -OCH3 is 1. The first-order valence-corrected chi connectivity index (χ1v) is 5.45. The normalized spacial score (nSPS) is 9.67. The summed E-state index contributed by atoms with van der Waals surface area (Å²) in [4.78, 5) is 22.0. The summed E-state index contributed by atoms with van der Waals surface area (Å²) in [5.41, 5.74) is 0.533. The number of carbonyl (C=O) groups is 2. The van der Waals surface area contributed by atoms with Gasteiger partial charge in [0.05, 0.1) is 7.11 Å². The Morgan fingerprint density at radius 1 is 1.28 bits per heavy atom. The van der Waals surface area contributed by atoms with Crippen LogP contribution in [0.2, 0.25) is 0 Å². The topological polar surface area (TPSA) is 67.4 Å². The van der Waals surface area contributed by atoms with E-state index in [-0.39, 0.29) is 18.9 Å². The van der Waals surface area contributed by atoms with E-state index >= 15 is 0 Å². The molecule has 0 aliphatic rings. The SMILES string of the molecule is COC(=O)CNC(=O)NCCc1ccccc1F. The van der Waals surface area contributed by atoms with Crippen LogP contribution in [0.25, 0.3) is 0 Å². The predicted molar refractivity (Wildman–Crippen MR) is 63.5 cm³/mol. The largest absolute Gasteiger partial charge is 0.468 e. The highest BCUT2D eigenvalue weighted by Crippen LogP contribution is 2.05. The first-order chi connectivity index (χ1) is 8.63. The first kappa shape index (κ1) is 14.0. The lowest BCUT2D eigenvalue weighted by Crippen LogP contribution is -2.39. The second-order valence-corrected chi connectivity index (χ2v) is 3.53. The highest BCUT2D eigenvalue weighted by Gasteiger charge is 2.05. The molecule has 0 unspecified atom stereocenters.